The first kappa shape index (κ1) is 19.1. The van der Waals surface area contributed by atoms with Gasteiger partial charge < -0.3 is 0 Å². The van der Waals surface area contributed by atoms with Crippen molar-refractivity contribution in [2.75, 3.05) is 5.43 Å². The minimum Gasteiger partial charge on any atom is -0.278 e. The number of halogens is 5. The Bertz CT molecular complexity index is 1050. The number of hydrazone groups is 1. The molecule has 0 saturated heterocycles. The molecule has 0 radical (unpaired) electrons. The summed E-state index contributed by atoms with van der Waals surface area (Å²) < 4.78 is 65.1. The summed E-state index contributed by atoms with van der Waals surface area (Å²) >= 11 is 0. The number of anilines is 1. The lowest BCUT2D eigenvalue weighted by molar-refractivity contribution is -0.137. The Morgan fingerprint density at radius 3 is 2.14 bits per heavy atom. The predicted molar refractivity (Wildman–Crippen MR) is 101 cm³/mol. The Morgan fingerprint density at radius 1 is 0.828 bits per heavy atom. The van der Waals surface area contributed by atoms with Crippen molar-refractivity contribution in [3.8, 4) is 0 Å². The standard InChI is InChI=1S/C22H15F5N2/c23-16-5-1-13(2-6-16)20-12-14-11-17(24)7-10-19(14)21(20)29-28-18-8-3-15(4-9-18)22(25,26)27/h1-11,20,28H,12H2. The second-order valence-corrected chi connectivity index (χ2v) is 6.79. The molecule has 1 atom stereocenters. The highest BCUT2D eigenvalue weighted by Gasteiger charge is 2.31. The lowest BCUT2D eigenvalue weighted by Gasteiger charge is -2.13. The molecule has 1 aliphatic rings. The molecule has 1 unspecified atom stereocenters. The van der Waals surface area contributed by atoms with E-state index in [1.54, 1.807) is 18.2 Å². The zero-order valence-corrected chi connectivity index (χ0v) is 15.0. The summed E-state index contributed by atoms with van der Waals surface area (Å²) in [5, 5.41) is 4.41. The van der Waals surface area contributed by atoms with Gasteiger partial charge in [0, 0.05) is 11.5 Å². The first-order valence-corrected chi connectivity index (χ1v) is 8.86. The van der Waals surface area contributed by atoms with E-state index >= 15 is 0 Å². The van der Waals surface area contributed by atoms with Gasteiger partial charge in [-0.05, 0) is 72.1 Å². The van der Waals surface area contributed by atoms with Crippen LogP contribution < -0.4 is 5.43 Å². The Morgan fingerprint density at radius 2 is 1.48 bits per heavy atom. The van der Waals surface area contributed by atoms with E-state index in [2.05, 4.69) is 10.5 Å². The molecule has 148 valence electrons. The predicted octanol–water partition coefficient (Wildman–Crippen LogP) is 6.14. The number of hydrogen-bond donors (Lipinski definition) is 1. The van der Waals surface area contributed by atoms with Crippen molar-refractivity contribution < 1.29 is 22.0 Å². The third-order valence-corrected chi connectivity index (χ3v) is 4.89. The topological polar surface area (TPSA) is 24.4 Å². The first-order chi connectivity index (χ1) is 13.8. The van der Waals surface area contributed by atoms with E-state index in [1.807, 2.05) is 0 Å². The maximum absolute atomic E-state index is 13.7. The molecule has 2 nitrogen and oxygen atoms in total. The number of nitrogens with zero attached hydrogens (tertiary/aromatic N) is 1. The van der Waals surface area contributed by atoms with Crippen molar-refractivity contribution in [1.82, 2.24) is 0 Å². The summed E-state index contributed by atoms with van der Waals surface area (Å²) in [5.41, 5.74) is 5.38. The van der Waals surface area contributed by atoms with Crippen molar-refractivity contribution in [1.29, 1.82) is 0 Å². The van der Waals surface area contributed by atoms with Crippen LogP contribution in [0.4, 0.5) is 27.6 Å². The van der Waals surface area contributed by atoms with Gasteiger partial charge in [-0.25, -0.2) is 8.78 Å². The molecule has 0 fully saturated rings. The van der Waals surface area contributed by atoms with Gasteiger partial charge in [-0.1, -0.05) is 12.1 Å². The number of benzene rings is 3. The molecule has 1 N–H and O–H groups in total. The molecule has 0 aliphatic heterocycles. The number of fused-ring (bicyclic) bond motifs is 1. The Hall–Kier alpha value is -3.22. The summed E-state index contributed by atoms with van der Waals surface area (Å²) in [4.78, 5) is 0. The molecular formula is C22H15F5N2. The fraction of sp³-hybridized carbons (Fsp3) is 0.136. The molecule has 1 aliphatic carbocycles. The SMILES string of the molecule is Fc1ccc(C2Cc3cc(F)ccc3C2=NNc2ccc(C(F)(F)F)cc2)cc1. The van der Waals surface area contributed by atoms with Crippen LogP contribution in [0.25, 0.3) is 0 Å². The van der Waals surface area contributed by atoms with Crippen molar-refractivity contribution in [2.45, 2.75) is 18.5 Å². The molecular weight excluding hydrogens is 387 g/mol. The Balaban J connectivity index is 1.67. The van der Waals surface area contributed by atoms with E-state index < -0.39 is 11.7 Å². The van der Waals surface area contributed by atoms with Gasteiger partial charge in [-0.2, -0.15) is 18.3 Å². The molecule has 0 bridgehead atoms. The second kappa shape index (κ2) is 7.31. The molecule has 0 heterocycles. The quantitative estimate of drug-likeness (QED) is 0.413. The van der Waals surface area contributed by atoms with Crippen LogP contribution in [0.1, 0.15) is 28.2 Å². The highest BCUT2D eigenvalue weighted by molar-refractivity contribution is 6.09. The smallest absolute Gasteiger partial charge is 0.278 e. The van der Waals surface area contributed by atoms with Gasteiger partial charge in [0.2, 0.25) is 0 Å². The van der Waals surface area contributed by atoms with E-state index in [1.165, 1.54) is 36.4 Å². The highest BCUT2D eigenvalue weighted by Crippen LogP contribution is 2.35. The van der Waals surface area contributed by atoms with Crippen LogP contribution in [-0.2, 0) is 12.6 Å². The van der Waals surface area contributed by atoms with Gasteiger partial charge in [0.05, 0.1) is 17.0 Å². The largest absolute Gasteiger partial charge is 0.416 e. The monoisotopic (exact) mass is 402 g/mol. The average Bonchev–Trinajstić information content (AvgIpc) is 3.04. The zero-order valence-electron chi connectivity index (χ0n) is 15.0. The van der Waals surface area contributed by atoms with Gasteiger partial charge in [0.15, 0.2) is 0 Å². The van der Waals surface area contributed by atoms with Gasteiger partial charge in [-0.15, -0.1) is 0 Å². The van der Waals surface area contributed by atoms with Crippen LogP contribution in [0.15, 0.2) is 71.8 Å². The van der Waals surface area contributed by atoms with E-state index in [4.69, 9.17) is 0 Å². The summed E-state index contributed by atoms with van der Waals surface area (Å²) in [5.74, 6) is -0.954. The molecule has 0 saturated carbocycles. The van der Waals surface area contributed by atoms with Crippen LogP contribution in [0.5, 0.6) is 0 Å². The van der Waals surface area contributed by atoms with Gasteiger partial charge in [0.1, 0.15) is 11.6 Å². The molecule has 3 aromatic carbocycles. The Kier molecular flexibility index (Phi) is 4.82. The summed E-state index contributed by atoms with van der Waals surface area (Å²) in [7, 11) is 0. The minimum absolute atomic E-state index is 0.227. The van der Waals surface area contributed by atoms with Crippen LogP contribution >= 0.6 is 0 Å². The molecule has 4 rings (SSSR count). The number of alkyl halides is 3. The van der Waals surface area contributed by atoms with Gasteiger partial charge in [-0.3, -0.25) is 5.43 Å². The first-order valence-electron chi connectivity index (χ1n) is 8.86. The molecule has 3 aromatic rings. The molecule has 7 heteroatoms. The molecule has 29 heavy (non-hydrogen) atoms. The normalized spacial score (nSPS) is 17.4. The number of nitrogens with one attached hydrogen (secondary N) is 1. The minimum atomic E-state index is -4.41. The van der Waals surface area contributed by atoms with Crippen molar-refractivity contribution >= 4 is 11.4 Å². The van der Waals surface area contributed by atoms with E-state index in [0.717, 1.165) is 28.8 Å². The van der Waals surface area contributed by atoms with Crippen LogP contribution in [0.3, 0.4) is 0 Å². The lowest BCUT2D eigenvalue weighted by Crippen LogP contribution is -2.11. The maximum Gasteiger partial charge on any atom is 0.416 e. The summed E-state index contributed by atoms with van der Waals surface area (Å²) in [6, 6.07) is 14.9. The third kappa shape index (κ3) is 3.99. The number of rotatable bonds is 3. The lowest BCUT2D eigenvalue weighted by atomic mass is 9.95. The van der Waals surface area contributed by atoms with Gasteiger partial charge in [0.25, 0.3) is 0 Å². The van der Waals surface area contributed by atoms with Crippen molar-refractivity contribution in [2.24, 2.45) is 5.10 Å². The maximum atomic E-state index is 13.7. The zero-order chi connectivity index (χ0) is 20.6. The van der Waals surface area contributed by atoms with Crippen molar-refractivity contribution in [3.05, 3.63) is 101 Å². The average molecular weight is 402 g/mol. The molecule has 0 spiro atoms. The third-order valence-electron chi connectivity index (χ3n) is 4.89. The van der Waals surface area contributed by atoms with Crippen LogP contribution in [0, 0.1) is 11.6 Å². The summed E-state index contributed by atoms with van der Waals surface area (Å²) in [6.07, 6.45) is -3.92. The second-order valence-electron chi connectivity index (χ2n) is 6.79. The van der Waals surface area contributed by atoms with E-state index in [9.17, 15) is 22.0 Å². The molecule has 0 aromatic heterocycles. The van der Waals surface area contributed by atoms with Gasteiger partial charge >= 0.3 is 6.18 Å². The summed E-state index contributed by atoms with van der Waals surface area (Å²) in [6.45, 7) is 0. The number of hydrogen-bond acceptors (Lipinski definition) is 2. The fourth-order valence-corrected chi connectivity index (χ4v) is 3.45. The van der Waals surface area contributed by atoms with Crippen LogP contribution in [-0.4, -0.2) is 5.71 Å². The van der Waals surface area contributed by atoms with E-state index in [-0.39, 0.29) is 17.6 Å². The highest BCUT2D eigenvalue weighted by atomic mass is 19.4. The molecule has 0 amide bonds. The van der Waals surface area contributed by atoms with E-state index in [0.29, 0.717) is 17.8 Å². The Labute approximate surface area is 163 Å². The van der Waals surface area contributed by atoms with Crippen molar-refractivity contribution in [3.63, 3.8) is 0 Å². The fourth-order valence-electron chi connectivity index (χ4n) is 3.45. The van der Waals surface area contributed by atoms with Crippen LogP contribution in [0.2, 0.25) is 0 Å².